The summed E-state index contributed by atoms with van der Waals surface area (Å²) in [6.07, 6.45) is 0. The molecular formula is C13H12O3S2. The number of carboxylic acids is 1. The number of hydrogen-bond acceptors (Lipinski definition) is 3. The van der Waals surface area contributed by atoms with Crippen molar-refractivity contribution in [3.05, 3.63) is 57.8 Å². The van der Waals surface area contributed by atoms with Crippen LogP contribution in [0.4, 0.5) is 0 Å². The Morgan fingerprint density at radius 2 is 1.89 bits per heavy atom. The lowest BCUT2D eigenvalue weighted by molar-refractivity contribution is 0.0701. The molecular weight excluding hydrogens is 268 g/mol. The Morgan fingerprint density at radius 1 is 1.17 bits per heavy atom. The van der Waals surface area contributed by atoms with Crippen molar-refractivity contribution in [2.75, 3.05) is 0 Å². The van der Waals surface area contributed by atoms with Crippen molar-refractivity contribution in [2.24, 2.45) is 0 Å². The van der Waals surface area contributed by atoms with Crippen LogP contribution in [0.5, 0.6) is 0 Å². The smallest absolute Gasteiger partial charge is 0.346 e. The van der Waals surface area contributed by atoms with Gasteiger partial charge in [0.15, 0.2) is 0 Å². The summed E-state index contributed by atoms with van der Waals surface area (Å²) in [6, 6.07) is 11.3. The Labute approximate surface area is 112 Å². The largest absolute Gasteiger partial charge is 0.477 e. The van der Waals surface area contributed by atoms with Crippen LogP contribution in [0.2, 0.25) is 0 Å². The fourth-order valence-corrected chi connectivity index (χ4v) is 3.73. The molecule has 1 unspecified atom stereocenters. The third kappa shape index (κ3) is 3.27. The highest BCUT2D eigenvalue weighted by molar-refractivity contribution is 7.83. The number of benzene rings is 1. The van der Waals surface area contributed by atoms with Crippen molar-refractivity contribution >= 4 is 28.1 Å². The molecule has 0 spiro atoms. The van der Waals surface area contributed by atoms with Gasteiger partial charge in [0.2, 0.25) is 0 Å². The van der Waals surface area contributed by atoms with Gasteiger partial charge in [0, 0.05) is 16.6 Å². The molecule has 0 bridgehead atoms. The van der Waals surface area contributed by atoms with Crippen molar-refractivity contribution in [3.8, 4) is 0 Å². The number of thiophene rings is 1. The molecule has 1 atom stereocenters. The molecule has 0 aliphatic heterocycles. The third-order valence-electron chi connectivity index (χ3n) is 2.43. The van der Waals surface area contributed by atoms with Crippen LogP contribution in [0.25, 0.3) is 0 Å². The summed E-state index contributed by atoms with van der Waals surface area (Å²) in [7, 11) is -1.08. The maximum Gasteiger partial charge on any atom is 0.346 e. The number of carboxylic acid groups (broad SMARTS) is 1. The lowest BCUT2D eigenvalue weighted by Gasteiger charge is -2.02. The van der Waals surface area contributed by atoms with E-state index in [4.69, 9.17) is 5.11 Å². The number of hydrogen-bond donors (Lipinski definition) is 1. The summed E-state index contributed by atoms with van der Waals surface area (Å²) in [5.41, 5.74) is 1.66. The van der Waals surface area contributed by atoms with E-state index < -0.39 is 16.8 Å². The van der Waals surface area contributed by atoms with Crippen LogP contribution in [0.1, 0.15) is 20.8 Å². The molecule has 2 rings (SSSR count). The normalized spacial score (nSPS) is 12.2. The minimum atomic E-state index is -1.08. The quantitative estimate of drug-likeness (QED) is 0.916. The van der Waals surface area contributed by atoms with Gasteiger partial charge in [0.1, 0.15) is 4.88 Å². The van der Waals surface area contributed by atoms with Gasteiger partial charge >= 0.3 is 5.97 Å². The van der Waals surface area contributed by atoms with Crippen LogP contribution >= 0.6 is 11.3 Å². The zero-order valence-electron chi connectivity index (χ0n) is 9.54. The monoisotopic (exact) mass is 280 g/mol. The fraction of sp³-hybridized carbons (Fsp3) is 0.154. The zero-order chi connectivity index (χ0) is 13.0. The lowest BCUT2D eigenvalue weighted by atomic mass is 10.2. The van der Waals surface area contributed by atoms with E-state index in [1.165, 1.54) is 11.3 Å². The average molecular weight is 280 g/mol. The van der Waals surface area contributed by atoms with Crippen molar-refractivity contribution in [1.82, 2.24) is 0 Å². The fourth-order valence-electron chi connectivity index (χ4n) is 1.62. The van der Waals surface area contributed by atoms with Gasteiger partial charge in [-0.3, -0.25) is 4.21 Å². The lowest BCUT2D eigenvalue weighted by Crippen LogP contribution is -2.03. The van der Waals surface area contributed by atoms with E-state index in [0.29, 0.717) is 17.1 Å². The molecule has 0 amide bonds. The molecule has 1 N–H and O–H groups in total. The molecule has 18 heavy (non-hydrogen) atoms. The number of carbonyl (C=O) groups is 1. The van der Waals surface area contributed by atoms with E-state index in [1.807, 2.05) is 30.3 Å². The van der Waals surface area contributed by atoms with Gasteiger partial charge in [-0.25, -0.2) is 4.79 Å². The predicted molar refractivity (Wildman–Crippen MR) is 73.3 cm³/mol. The molecule has 0 radical (unpaired) electrons. The first-order chi connectivity index (χ1) is 8.66. The first-order valence-electron chi connectivity index (χ1n) is 5.35. The minimum absolute atomic E-state index is 0.288. The summed E-state index contributed by atoms with van der Waals surface area (Å²) < 4.78 is 12.0. The number of aromatic carboxylic acids is 1. The summed E-state index contributed by atoms with van der Waals surface area (Å²) in [5.74, 6) is -0.202. The zero-order valence-corrected chi connectivity index (χ0v) is 11.2. The second kappa shape index (κ2) is 5.93. The van der Waals surface area contributed by atoms with Gasteiger partial charge in [-0.05, 0) is 22.6 Å². The van der Waals surface area contributed by atoms with Crippen LogP contribution in [0.3, 0.4) is 0 Å². The first-order valence-corrected chi connectivity index (χ1v) is 7.72. The van der Waals surface area contributed by atoms with Crippen LogP contribution in [0.15, 0.2) is 41.8 Å². The molecule has 0 aliphatic carbocycles. The van der Waals surface area contributed by atoms with Gasteiger partial charge in [-0.1, -0.05) is 30.3 Å². The van der Waals surface area contributed by atoms with Gasteiger partial charge in [-0.15, -0.1) is 11.3 Å². The van der Waals surface area contributed by atoms with E-state index >= 15 is 0 Å². The molecule has 0 saturated heterocycles. The highest BCUT2D eigenvalue weighted by Gasteiger charge is 2.14. The van der Waals surface area contributed by atoms with Crippen LogP contribution in [-0.2, 0) is 22.3 Å². The van der Waals surface area contributed by atoms with Gasteiger partial charge in [0.05, 0.1) is 5.75 Å². The first kappa shape index (κ1) is 13.0. The topological polar surface area (TPSA) is 54.4 Å². The molecule has 1 heterocycles. The Morgan fingerprint density at radius 3 is 2.56 bits per heavy atom. The summed E-state index contributed by atoms with van der Waals surface area (Å²) >= 11 is 1.17. The standard InChI is InChI=1S/C13H12O3S2/c14-13(15)12-11(6-7-17-12)9-18(16)8-10-4-2-1-3-5-10/h1-7H,8-9H2,(H,14,15). The van der Waals surface area contributed by atoms with E-state index in [-0.39, 0.29) is 4.88 Å². The molecule has 0 aliphatic rings. The maximum absolute atomic E-state index is 12.0. The Hall–Kier alpha value is -1.46. The summed E-state index contributed by atoms with van der Waals surface area (Å²) in [6.45, 7) is 0. The molecule has 1 aromatic heterocycles. The van der Waals surface area contributed by atoms with E-state index in [1.54, 1.807) is 11.4 Å². The van der Waals surface area contributed by atoms with Crippen molar-refractivity contribution in [2.45, 2.75) is 11.5 Å². The SMILES string of the molecule is O=C(O)c1sccc1CS(=O)Cc1ccccc1. The summed E-state index contributed by atoms with van der Waals surface area (Å²) in [4.78, 5) is 11.2. The number of rotatable bonds is 5. The highest BCUT2D eigenvalue weighted by atomic mass is 32.2. The molecule has 94 valence electrons. The maximum atomic E-state index is 12.0. The molecule has 3 nitrogen and oxygen atoms in total. The van der Waals surface area contributed by atoms with Crippen LogP contribution in [0, 0.1) is 0 Å². The average Bonchev–Trinajstić information content (AvgIpc) is 2.78. The van der Waals surface area contributed by atoms with Crippen LogP contribution < -0.4 is 0 Å². The van der Waals surface area contributed by atoms with Crippen molar-refractivity contribution in [3.63, 3.8) is 0 Å². The second-order valence-electron chi connectivity index (χ2n) is 3.79. The Kier molecular flexibility index (Phi) is 4.28. The molecule has 0 saturated carbocycles. The molecule has 0 fully saturated rings. The van der Waals surface area contributed by atoms with Gasteiger partial charge in [0.25, 0.3) is 0 Å². The van der Waals surface area contributed by atoms with Gasteiger partial charge in [-0.2, -0.15) is 0 Å². The van der Waals surface area contributed by atoms with E-state index in [9.17, 15) is 9.00 Å². The van der Waals surface area contributed by atoms with E-state index in [0.717, 1.165) is 5.56 Å². The highest BCUT2D eigenvalue weighted by Crippen LogP contribution is 2.19. The van der Waals surface area contributed by atoms with E-state index in [2.05, 4.69) is 0 Å². The summed E-state index contributed by atoms with van der Waals surface area (Å²) in [5, 5.41) is 10.7. The minimum Gasteiger partial charge on any atom is -0.477 e. The third-order valence-corrected chi connectivity index (χ3v) is 4.66. The van der Waals surface area contributed by atoms with Crippen molar-refractivity contribution in [1.29, 1.82) is 0 Å². The van der Waals surface area contributed by atoms with Crippen LogP contribution in [-0.4, -0.2) is 15.3 Å². The molecule has 5 heteroatoms. The molecule has 1 aromatic carbocycles. The second-order valence-corrected chi connectivity index (χ2v) is 6.17. The predicted octanol–water partition coefficient (Wildman–Crippen LogP) is 2.90. The molecule has 2 aromatic rings. The Balaban J connectivity index is 2.04. The van der Waals surface area contributed by atoms with Gasteiger partial charge < -0.3 is 5.11 Å². The Bertz CT molecular complexity index is 561. The van der Waals surface area contributed by atoms with Crippen molar-refractivity contribution < 1.29 is 14.1 Å².